The summed E-state index contributed by atoms with van der Waals surface area (Å²) in [4.78, 5) is 19.0. The number of rotatable bonds is 10. The normalized spacial score (nSPS) is 14.6. The molecule has 0 aliphatic carbocycles. The summed E-state index contributed by atoms with van der Waals surface area (Å²) in [5, 5.41) is 6.75. The van der Waals surface area contributed by atoms with E-state index < -0.39 is 0 Å². The summed E-state index contributed by atoms with van der Waals surface area (Å²) in [7, 11) is 0. The number of halogens is 1. The van der Waals surface area contributed by atoms with Gasteiger partial charge < -0.3 is 19.9 Å². The van der Waals surface area contributed by atoms with Gasteiger partial charge in [-0.1, -0.05) is 30.3 Å². The molecule has 0 amide bonds. The molecule has 2 heterocycles. The van der Waals surface area contributed by atoms with Gasteiger partial charge >= 0.3 is 0 Å². The van der Waals surface area contributed by atoms with Gasteiger partial charge in [-0.15, -0.1) is 24.0 Å². The van der Waals surface area contributed by atoms with Gasteiger partial charge in [-0.2, -0.15) is 0 Å². The zero-order chi connectivity index (χ0) is 21.7. The number of ether oxygens (including phenoxy) is 1. The number of pyridine rings is 1. The molecule has 7 nitrogen and oxygen atoms in total. The molecule has 0 bridgehead atoms. The molecule has 1 aliphatic heterocycles. The number of hydrogen-bond acceptors (Lipinski definition) is 4. The van der Waals surface area contributed by atoms with E-state index in [1.807, 2.05) is 12.3 Å². The van der Waals surface area contributed by atoms with Gasteiger partial charge in [-0.25, -0.2) is 4.99 Å². The van der Waals surface area contributed by atoms with Crippen molar-refractivity contribution in [1.29, 1.82) is 0 Å². The zero-order valence-electron chi connectivity index (χ0n) is 19.0. The molecule has 0 unspecified atom stereocenters. The fraction of sp³-hybridized carbons (Fsp3) is 0.500. The lowest BCUT2D eigenvalue weighted by molar-refractivity contribution is 0.0341. The lowest BCUT2D eigenvalue weighted by Crippen LogP contribution is -2.38. The Morgan fingerprint density at radius 2 is 1.78 bits per heavy atom. The Labute approximate surface area is 208 Å². The second-order valence-electron chi connectivity index (χ2n) is 7.72. The number of hydrogen-bond donors (Lipinski definition) is 2. The highest BCUT2D eigenvalue weighted by molar-refractivity contribution is 14.0. The standard InChI is InChI=1S/C24H35N5O2.HI/c1-2-25-24(26-12-6-8-14-29-13-7-5-11-23(29)30)27-19-21-9-3-4-10-22(21)20-28-15-17-31-18-16-28;/h3-5,7,9-11,13H,2,6,8,12,14-20H2,1H3,(H2,25,26,27);1H. The first kappa shape index (κ1) is 26.3. The first-order chi connectivity index (χ1) is 15.3. The molecule has 3 rings (SSSR count). The molecular weight excluding hydrogens is 517 g/mol. The van der Waals surface area contributed by atoms with Gasteiger partial charge in [0.15, 0.2) is 5.96 Å². The molecule has 1 saturated heterocycles. The van der Waals surface area contributed by atoms with Crippen molar-refractivity contribution in [1.82, 2.24) is 20.1 Å². The first-order valence-corrected chi connectivity index (χ1v) is 11.3. The number of morpholine rings is 1. The molecule has 0 atom stereocenters. The van der Waals surface area contributed by atoms with E-state index in [1.54, 1.807) is 16.7 Å². The highest BCUT2D eigenvalue weighted by atomic mass is 127. The molecule has 2 aromatic rings. The second kappa shape index (κ2) is 15.0. The Morgan fingerprint density at radius 3 is 2.53 bits per heavy atom. The summed E-state index contributed by atoms with van der Waals surface area (Å²) in [6, 6.07) is 13.8. The van der Waals surface area contributed by atoms with E-state index in [1.165, 1.54) is 11.1 Å². The summed E-state index contributed by atoms with van der Waals surface area (Å²) in [5.74, 6) is 0.834. The Kier molecular flexibility index (Phi) is 12.4. The third-order valence-electron chi connectivity index (χ3n) is 5.39. The number of aromatic nitrogens is 1. The van der Waals surface area contributed by atoms with Crippen LogP contribution in [0.5, 0.6) is 0 Å². The Morgan fingerprint density at radius 1 is 1.03 bits per heavy atom. The number of aliphatic imine (C=N–C) groups is 1. The molecule has 0 spiro atoms. The van der Waals surface area contributed by atoms with Crippen molar-refractivity contribution in [2.75, 3.05) is 39.4 Å². The minimum atomic E-state index is 0. The average Bonchev–Trinajstić information content (AvgIpc) is 2.80. The van der Waals surface area contributed by atoms with E-state index in [2.05, 4.69) is 46.7 Å². The summed E-state index contributed by atoms with van der Waals surface area (Å²) in [6.45, 7) is 9.64. The van der Waals surface area contributed by atoms with Gasteiger partial charge in [0.25, 0.3) is 0 Å². The van der Waals surface area contributed by atoms with Crippen LogP contribution >= 0.6 is 24.0 Å². The number of aryl methyl sites for hydroxylation is 1. The molecule has 1 aromatic heterocycles. The van der Waals surface area contributed by atoms with Crippen molar-refractivity contribution >= 4 is 29.9 Å². The highest BCUT2D eigenvalue weighted by Gasteiger charge is 2.12. The Hall–Kier alpha value is -1.91. The van der Waals surface area contributed by atoms with Crippen LogP contribution in [-0.4, -0.2) is 54.8 Å². The van der Waals surface area contributed by atoms with Crippen molar-refractivity contribution in [3.8, 4) is 0 Å². The van der Waals surface area contributed by atoms with Crippen LogP contribution in [0.25, 0.3) is 0 Å². The molecular formula is C24H36IN5O2. The van der Waals surface area contributed by atoms with E-state index in [-0.39, 0.29) is 29.5 Å². The maximum Gasteiger partial charge on any atom is 0.250 e. The molecule has 176 valence electrons. The maximum atomic E-state index is 11.8. The van der Waals surface area contributed by atoms with Crippen LogP contribution < -0.4 is 16.2 Å². The van der Waals surface area contributed by atoms with Gasteiger partial charge in [-0.3, -0.25) is 9.69 Å². The van der Waals surface area contributed by atoms with Crippen LogP contribution in [0, 0.1) is 0 Å². The SMILES string of the molecule is CCNC(=NCc1ccccc1CN1CCOCC1)NCCCCn1ccccc1=O.I. The van der Waals surface area contributed by atoms with Gasteiger partial charge in [0, 0.05) is 51.5 Å². The van der Waals surface area contributed by atoms with E-state index >= 15 is 0 Å². The van der Waals surface area contributed by atoms with Crippen molar-refractivity contribution in [2.24, 2.45) is 4.99 Å². The average molecular weight is 553 g/mol. The molecule has 2 N–H and O–H groups in total. The summed E-state index contributed by atoms with van der Waals surface area (Å²) in [6.07, 6.45) is 3.76. The van der Waals surface area contributed by atoms with Gasteiger partial charge in [0.2, 0.25) is 5.56 Å². The maximum absolute atomic E-state index is 11.8. The van der Waals surface area contributed by atoms with Crippen LogP contribution in [0.4, 0.5) is 0 Å². The molecule has 0 saturated carbocycles. The fourth-order valence-corrected chi connectivity index (χ4v) is 3.63. The van der Waals surface area contributed by atoms with Gasteiger partial charge in [-0.05, 0) is 37.0 Å². The van der Waals surface area contributed by atoms with Gasteiger partial charge in [0.05, 0.1) is 19.8 Å². The highest BCUT2D eigenvalue weighted by Crippen LogP contribution is 2.14. The van der Waals surface area contributed by atoms with Gasteiger partial charge in [0.1, 0.15) is 0 Å². The van der Waals surface area contributed by atoms with E-state index in [4.69, 9.17) is 9.73 Å². The lowest BCUT2D eigenvalue weighted by Gasteiger charge is -2.27. The van der Waals surface area contributed by atoms with Crippen molar-refractivity contribution in [2.45, 2.75) is 39.4 Å². The van der Waals surface area contributed by atoms with Crippen LogP contribution in [0.15, 0.2) is 58.4 Å². The summed E-state index contributed by atoms with van der Waals surface area (Å²) >= 11 is 0. The largest absolute Gasteiger partial charge is 0.379 e. The lowest BCUT2D eigenvalue weighted by atomic mass is 10.1. The summed E-state index contributed by atoms with van der Waals surface area (Å²) in [5.41, 5.74) is 2.65. The number of unbranched alkanes of at least 4 members (excludes halogenated alkanes) is 1. The number of benzene rings is 1. The minimum Gasteiger partial charge on any atom is -0.379 e. The minimum absolute atomic E-state index is 0. The molecule has 1 aliphatic rings. The molecule has 0 radical (unpaired) electrons. The van der Waals surface area contributed by atoms with Crippen molar-refractivity contribution in [3.05, 3.63) is 70.1 Å². The predicted molar refractivity (Wildman–Crippen MR) is 141 cm³/mol. The Balaban J connectivity index is 0.00000363. The zero-order valence-corrected chi connectivity index (χ0v) is 21.3. The van der Waals surface area contributed by atoms with Crippen molar-refractivity contribution < 1.29 is 4.74 Å². The monoisotopic (exact) mass is 553 g/mol. The molecule has 32 heavy (non-hydrogen) atoms. The smallest absolute Gasteiger partial charge is 0.250 e. The fourth-order valence-electron chi connectivity index (χ4n) is 3.63. The van der Waals surface area contributed by atoms with Crippen molar-refractivity contribution in [3.63, 3.8) is 0 Å². The molecule has 1 fully saturated rings. The number of nitrogens with one attached hydrogen (secondary N) is 2. The molecule has 1 aromatic carbocycles. The molecule has 8 heteroatoms. The summed E-state index contributed by atoms with van der Waals surface area (Å²) < 4.78 is 7.22. The first-order valence-electron chi connectivity index (χ1n) is 11.3. The van der Waals surface area contributed by atoms with Crippen LogP contribution in [0.3, 0.4) is 0 Å². The third-order valence-corrected chi connectivity index (χ3v) is 5.39. The quantitative estimate of drug-likeness (QED) is 0.205. The Bertz CT molecular complexity index is 880. The van der Waals surface area contributed by atoms with Crippen LogP contribution in [0.1, 0.15) is 30.9 Å². The van der Waals surface area contributed by atoms with Crippen LogP contribution in [-0.2, 0) is 24.4 Å². The van der Waals surface area contributed by atoms with E-state index in [0.29, 0.717) is 6.54 Å². The van der Waals surface area contributed by atoms with E-state index in [0.717, 1.165) is 71.3 Å². The van der Waals surface area contributed by atoms with E-state index in [9.17, 15) is 4.79 Å². The topological polar surface area (TPSA) is 70.9 Å². The second-order valence-corrected chi connectivity index (χ2v) is 7.72. The third kappa shape index (κ3) is 8.91. The van der Waals surface area contributed by atoms with Crippen LogP contribution in [0.2, 0.25) is 0 Å². The number of nitrogens with zero attached hydrogens (tertiary/aromatic N) is 3. The predicted octanol–water partition coefficient (Wildman–Crippen LogP) is 2.83. The number of guanidine groups is 1.